The summed E-state index contributed by atoms with van der Waals surface area (Å²) in [4.78, 5) is 3.34. The van der Waals surface area contributed by atoms with Crippen LogP contribution in [0.3, 0.4) is 0 Å². The van der Waals surface area contributed by atoms with Gasteiger partial charge in [0.2, 0.25) is 0 Å². The van der Waals surface area contributed by atoms with Crippen LogP contribution in [0.4, 0.5) is 0 Å². The molecule has 0 saturated carbocycles. The number of hydrogen-bond acceptors (Lipinski definition) is 3. The van der Waals surface area contributed by atoms with Crippen molar-refractivity contribution in [2.75, 3.05) is 20.3 Å². The van der Waals surface area contributed by atoms with Crippen LogP contribution < -0.4 is 14.8 Å². The number of aromatic amines is 1. The van der Waals surface area contributed by atoms with Crippen LogP contribution in [-0.4, -0.2) is 25.2 Å². The number of nitrogens with one attached hydrogen (secondary N) is 2. The maximum absolute atomic E-state index is 5.95. The van der Waals surface area contributed by atoms with Gasteiger partial charge in [0, 0.05) is 30.1 Å². The lowest BCUT2D eigenvalue weighted by atomic mass is 10.1. The Hall–Kier alpha value is -2.95. The highest BCUT2D eigenvalue weighted by atomic mass is 35.5. The second-order valence-corrected chi connectivity index (χ2v) is 7.36. The van der Waals surface area contributed by atoms with E-state index < -0.39 is 0 Å². The van der Waals surface area contributed by atoms with Crippen LogP contribution in [0.1, 0.15) is 16.7 Å². The number of para-hydroxylation sites is 1. The average Bonchev–Trinajstić information content (AvgIpc) is 3.21. The number of halogens is 1. The molecule has 0 amide bonds. The average molecular weight is 437 g/mol. The third-order valence-corrected chi connectivity index (χ3v) is 5.29. The Morgan fingerprint density at radius 3 is 2.48 bits per heavy atom. The lowest BCUT2D eigenvalue weighted by Crippen LogP contribution is -2.16. The van der Waals surface area contributed by atoms with Gasteiger partial charge in [-0.1, -0.05) is 54.6 Å². The third-order valence-electron chi connectivity index (χ3n) is 5.29. The molecule has 0 spiro atoms. The first-order valence-electron chi connectivity index (χ1n) is 10.4. The Bertz CT molecular complexity index is 1080. The Morgan fingerprint density at radius 1 is 0.839 bits per heavy atom. The highest BCUT2D eigenvalue weighted by Crippen LogP contribution is 2.28. The predicted octanol–water partition coefficient (Wildman–Crippen LogP) is 5.55. The SMILES string of the molecule is COc1cc(CNCCc2c[nH]c3ccccc23)ccc1OCCc1ccccc1.Cl. The maximum Gasteiger partial charge on any atom is 0.161 e. The standard InChI is InChI=1S/C26H28N2O2.ClH/c1-29-26-17-21(11-12-25(26)30-16-14-20-7-3-2-4-8-20)18-27-15-13-22-19-28-24-10-6-5-9-23(22)24;/h2-12,17,19,27-28H,13-16,18H2,1H3;1H. The second-order valence-electron chi connectivity index (χ2n) is 7.36. The van der Waals surface area contributed by atoms with Crippen LogP contribution in [0.25, 0.3) is 10.9 Å². The van der Waals surface area contributed by atoms with E-state index in [4.69, 9.17) is 9.47 Å². The molecule has 5 heteroatoms. The zero-order valence-electron chi connectivity index (χ0n) is 17.8. The molecule has 4 aromatic rings. The summed E-state index contributed by atoms with van der Waals surface area (Å²) in [5.74, 6) is 1.56. The first-order chi connectivity index (χ1) is 14.8. The highest BCUT2D eigenvalue weighted by molar-refractivity contribution is 5.85. The van der Waals surface area contributed by atoms with Gasteiger partial charge >= 0.3 is 0 Å². The molecule has 162 valence electrons. The number of fused-ring (bicyclic) bond motifs is 1. The predicted molar refractivity (Wildman–Crippen MR) is 130 cm³/mol. The molecule has 0 aliphatic rings. The zero-order valence-corrected chi connectivity index (χ0v) is 18.6. The molecule has 0 unspecified atom stereocenters. The van der Waals surface area contributed by atoms with Crippen molar-refractivity contribution < 1.29 is 9.47 Å². The van der Waals surface area contributed by atoms with Crippen LogP contribution in [0, 0.1) is 0 Å². The van der Waals surface area contributed by atoms with Gasteiger partial charge in [0.25, 0.3) is 0 Å². The number of ether oxygens (including phenoxy) is 2. The normalized spacial score (nSPS) is 10.6. The summed E-state index contributed by atoms with van der Waals surface area (Å²) in [6, 6.07) is 24.9. The van der Waals surface area contributed by atoms with Crippen molar-refractivity contribution in [1.82, 2.24) is 10.3 Å². The van der Waals surface area contributed by atoms with Crippen molar-refractivity contribution in [2.24, 2.45) is 0 Å². The zero-order chi connectivity index (χ0) is 20.6. The molecule has 0 aliphatic carbocycles. The van der Waals surface area contributed by atoms with E-state index in [2.05, 4.69) is 77.2 Å². The fraction of sp³-hybridized carbons (Fsp3) is 0.231. The summed E-state index contributed by atoms with van der Waals surface area (Å²) < 4.78 is 11.5. The van der Waals surface area contributed by atoms with E-state index in [0.29, 0.717) is 6.61 Å². The Morgan fingerprint density at radius 2 is 1.65 bits per heavy atom. The van der Waals surface area contributed by atoms with Gasteiger partial charge in [-0.2, -0.15) is 0 Å². The van der Waals surface area contributed by atoms with Gasteiger partial charge in [-0.25, -0.2) is 0 Å². The first-order valence-corrected chi connectivity index (χ1v) is 10.4. The van der Waals surface area contributed by atoms with E-state index in [-0.39, 0.29) is 12.4 Å². The maximum atomic E-state index is 5.95. The molecule has 0 fully saturated rings. The van der Waals surface area contributed by atoms with Gasteiger partial charge in [-0.15, -0.1) is 12.4 Å². The first kappa shape index (κ1) is 22.7. The molecule has 4 nitrogen and oxygen atoms in total. The van der Waals surface area contributed by atoms with Crippen molar-refractivity contribution in [3.63, 3.8) is 0 Å². The van der Waals surface area contributed by atoms with Crippen molar-refractivity contribution in [1.29, 1.82) is 0 Å². The summed E-state index contributed by atoms with van der Waals surface area (Å²) in [6.45, 7) is 2.34. The fourth-order valence-corrected chi connectivity index (χ4v) is 3.66. The molecule has 0 radical (unpaired) electrons. The highest BCUT2D eigenvalue weighted by Gasteiger charge is 2.07. The molecular weight excluding hydrogens is 408 g/mol. The molecular formula is C26H29ClN2O2. The number of rotatable bonds is 10. The smallest absolute Gasteiger partial charge is 0.161 e. The molecule has 0 saturated heterocycles. The van der Waals surface area contributed by atoms with E-state index in [1.165, 1.54) is 27.6 Å². The van der Waals surface area contributed by atoms with Gasteiger partial charge in [0.05, 0.1) is 13.7 Å². The number of aromatic nitrogens is 1. The van der Waals surface area contributed by atoms with Crippen LogP contribution in [0.15, 0.2) is 79.0 Å². The minimum atomic E-state index is 0. The van der Waals surface area contributed by atoms with E-state index in [0.717, 1.165) is 37.4 Å². The summed E-state index contributed by atoms with van der Waals surface area (Å²) in [7, 11) is 1.69. The van der Waals surface area contributed by atoms with Crippen molar-refractivity contribution in [3.8, 4) is 11.5 Å². The van der Waals surface area contributed by atoms with Gasteiger partial charge in [0.1, 0.15) is 0 Å². The van der Waals surface area contributed by atoms with Crippen molar-refractivity contribution >= 4 is 23.3 Å². The lowest BCUT2D eigenvalue weighted by Gasteiger charge is -2.13. The summed E-state index contributed by atoms with van der Waals surface area (Å²) in [5.41, 5.74) is 4.99. The van der Waals surface area contributed by atoms with Gasteiger partial charge in [-0.3, -0.25) is 0 Å². The largest absolute Gasteiger partial charge is 0.493 e. The van der Waals surface area contributed by atoms with E-state index in [1.807, 2.05) is 12.1 Å². The monoisotopic (exact) mass is 436 g/mol. The molecule has 0 atom stereocenters. The molecule has 1 heterocycles. The summed E-state index contributed by atoms with van der Waals surface area (Å²) in [5, 5.41) is 4.83. The topological polar surface area (TPSA) is 46.3 Å². The van der Waals surface area contributed by atoms with Crippen molar-refractivity contribution in [3.05, 3.63) is 95.7 Å². The van der Waals surface area contributed by atoms with Crippen LogP contribution in [-0.2, 0) is 19.4 Å². The van der Waals surface area contributed by atoms with Gasteiger partial charge in [-0.05, 0) is 47.9 Å². The third kappa shape index (κ3) is 6.03. The van der Waals surface area contributed by atoms with Gasteiger partial charge < -0.3 is 19.8 Å². The number of H-pyrrole nitrogens is 1. The molecule has 2 N–H and O–H groups in total. The fourth-order valence-electron chi connectivity index (χ4n) is 3.66. The summed E-state index contributed by atoms with van der Waals surface area (Å²) >= 11 is 0. The number of benzene rings is 3. The van der Waals surface area contributed by atoms with Gasteiger partial charge in [0.15, 0.2) is 11.5 Å². The number of hydrogen-bond donors (Lipinski definition) is 2. The second kappa shape index (κ2) is 11.4. The van der Waals surface area contributed by atoms with Crippen LogP contribution in [0.5, 0.6) is 11.5 Å². The summed E-state index contributed by atoms with van der Waals surface area (Å²) in [6.07, 6.45) is 3.97. The van der Waals surface area contributed by atoms with E-state index in [9.17, 15) is 0 Å². The molecule has 4 rings (SSSR count). The Balaban J connectivity index is 0.00000272. The van der Waals surface area contributed by atoms with Crippen LogP contribution in [0.2, 0.25) is 0 Å². The minimum absolute atomic E-state index is 0. The molecule has 31 heavy (non-hydrogen) atoms. The van der Waals surface area contributed by atoms with Crippen molar-refractivity contribution in [2.45, 2.75) is 19.4 Å². The number of methoxy groups -OCH3 is 1. The Labute approximate surface area is 190 Å². The van der Waals surface area contributed by atoms with E-state index in [1.54, 1.807) is 7.11 Å². The minimum Gasteiger partial charge on any atom is -0.493 e. The molecule has 0 bridgehead atoms. The molecule has 1 aromatic heterocycles. The van der Waals surface area contributed by atoms with E-state index >= 15 is 0 Å². The lowest BCUT2D eigenvalue weighted by molar-refractivity contribution is 0.297. The molecule has 0 aliphatic heterocycles. The van der Waals surface area contributed by atoms with Crippen LogP contribution >= 0.6 is 12.4 Å². The molecule has 3 aromatic carbocycles. The Kier molecular flexibility index (Phi) is 8.39. The quantitative estimate of drug-likeness (QED) is 0.320.